The number of hydrogen-bond donors (Lipinski definition) is 1. The summed E-state index contributed by atoms with van der Waals surface area (Å²) in [5.41, 5.74) is -0.136. The molecule has 10 heavy (non-hydrogen) atoms. The van der Waals surface area contributed by atoms with E-state index >= 15 is 0 Å². The Kier molecular flexibility index (Phi) is 3.91. The zero-order chi connectivity index (χ0) is 8.20. The SMILES string of the molecule is CCC(CO)OC(C)(C)C. The van der Waals surface area contributed by atoms with Crippen molar-refractivity contribution in [2.24, 2.45) is 0 Å². The van der Waals surface area contributed by atoms with E-state index in [1.165, 1.54) is 0 Å². The van der Waals surface area contributed by atoms with Crippen molar-refractivity contribution in [2.75, 3.05) is 6.61 Å². The molecule has 0 bridgehead atoms. The molecule has 62 valence electrons. The van der Waals surface area contributed by atoms with Crippen LogP contribution in [0.4, 0.5) is 0 Å². The van der Waals surface area contributed by atoms with E-state index in [1.807, 2.05) is 27.7 Å². The van der Waals surface area contributed by atoms with Gasteiger partial charge in [0.1, 0.15) is 0 Å². The van der Waals surface area contributed by atoms with Crippen LogP contribution in [0.15, 0.2) is 0 Å². The van der Waals surface area contributed by atoms with Crippen LogP contribution in [-0.4, -0.2) is 23.4 Å². The summed E-state index contributed by atoms with van der Waals surface area (Å²) in [6, 6.07) is 0. The summed E-state index contributed by atoms with van der Waals surface area (Å²) < 4.78 is 5.49. The molecule has 1 atom stereocenters. The highest BCUT2D eigenvalue weighted by molar-refractivity contribution is 4.63. The fourth-order valence-electron chi connectivity index (χ4n) is 0.750. The second-order valence-electron chi connectivity index (χ2n) is 3.44. The van der Waals surface area contributed by atoms with Gasteiger partial charge in [0.15, 0.2) is 0 Å². The van der Waals surface area contributed by atoms with E-state index in [2.05, 4.69) is 0 Å². The molecule has 0 saturated carbocycles. The third-order valence-electron chi connectivity index (χ3n) is 1.18. The van der Waals surface area contributed by atoms with Gasteiger partial charge >= 0.3 is 0 Å². The van der Waals surface area contributed by atoms with Crippen LogP contribution in [0.3, 0.4) is 0 Å². The molecule has 2 nitrogen and oxygen atoms in total. The van der Waals surface area contributed by atoms with Crippen molar-refractivity contribution in [1.82, 2.24) is 0 Å². The Morgan fingerprint density at radius 3 is 2.00 bits per heavy atom. The molecule has 0 aromatic rings. The average molecular weight is 146 g/mol. The second-order valence-corrected chi connectivity index (χ2v) is 3.44. The minimum Gasteiger partial charge on any atom is -0.394 e. The van der Waals surface area contributed by atoms with Crippen molar-refractivity contribution in [2.45, 2.75) is 45.8 Å². The summed E-state index contributed by atoms with van der Waals surface area (Å²) in [6.07, 6.45) is 0.869. The van der Waals surface area contributed by atoms with E-state index in [0.29, 0.717) is 0 Å². The molecule has 0 aromatic heterocycles. The lowest BCUT2D eigenvalue weighted by Crippen LogP contribution is -2.29. The fourth-order valence-corrected chi connectivity index (χ4v) is 0.750. The molecule has 1 N–H and O–H groups in total. The maximum Gasteiger partial charge on any atom is 0.0810 e. The van der Waals surface area contributed by atoms with E-state index in [1.54, 1.807) is 0 Å². The highest BCUT2D eigenvalue weighted by Crippen LogP contribution is 2.11. The molecule has 0 aliphatic carbocycles. The molecule has 0 saturated heterocycles. The summed E-state index contributed by atoms with van der Waals surface area (Å²) in [7, 11) is 0. The van der Waals surface area contributed by atoms with Gasteiger partial charge in [0.25, 0.3) is 0 Å². The van der Waals surface area contributed by atoms with Crippen molar-refractivity contribution in [3.63, 3.8) is 0 Å². The Hall–Kier alpha value is -0.0800. The molecule has 0 fully saturated rings. The van der Waals surface area contributed by atoms with E-state index in [4.69, 9.17) is 9.84 Å². The van der Waals surface area contributed by atoms with Gasteiger partial charge < -0.3 is 9.84 Å². The number of hydrogen-bond acceptors (Lipinski definition) is 2. The first-order valence-electron chi connectivity index (χ1n) is 3.78. The van der Waals surface area contributed by atoms with Crippen molar-refractivity contribution >= 4 is 0 Å². The second kappa shape index (κ2) is 3.94. The Labute approximate surface area is 63.2 Å². The van der Waals surface area contributed by atoms with Gasteiger partial charge in [0.2, 0.25) is 0 Å². The molecule has 0 rings (SSSR count). The predicted octanol–water partition coefficient (Wildman–Crippen LogP) is 1.57. The summed E-state index contributed by atoms with van der Waals surface area (Å²) in [6.45, 7) is 8.10. The highest BCUT2D eigenvalue weighted by Gasteiger charge is 2.15. The fraction of sp³-hybridized carbons (Fsp3) is 1.00. The zero-order valence-electron chi connectivity index (χ0n) is 7.35. The molecule has 0 amide bonds. The Morgan fingerprint density at radius 2 is 1.90 bits per heavy atom. The standard InChI is InChI=1S/C8H18O2/c1-5-7(6-9)10-8(2,3)4/h7,9H,5-6H2,1-4H3. The van der Waals surface area contributed by atoms with Crippen LogP contribution in [0.2, 0.25) is 0 Å². The molecule has 0 aliphatic rings. The zero-order valence-corrected chi connectivity index (χ0v) is 7.35. The number of ether oxygens (including phenoxy) is 1. The first-order valence-corrected chi connectivity index (χ1v) is 3.78. The van der Waals surface area contributed by atoms with Crippen molar-refractivity contribution in [3.8, 4) is 0 Å². The third-order valence-corrected chi connectivity index (χ3v) is 1.18. The Bertz CT molecular complexity index is 79.7. The lowest BCUT2D eigenvalue weighted by atomic mass is 10.1. The first kappa shape index (κ1) is 9.92. The molecule has 0 aromatic carbocycles. The largest absolute Gasteiger partial charge is 0.394 e. The van der Waals surface area contributed by atoms with Crippen LogP contribution >= 0.6 is 0 Å². The quantitative estimate of drug-likeness (QED) is 0.655. The molecule has 2 heteroatoms. The summed E-state index contributed by atoms with van der Waals surface area (Å²) >= 11 is 0. The monoisotopic (exact) mass is 146 g/mol. The number of aliphatic hydroxyl groups is 1. The normalized spacial score (nSPS) is 15.3. The smallest absolute Gasteiger partial charge is 0.0810 e. The van der Waals surface area contributed by atoms with Gasteiger partial charge in [-0.1, -0.05) is 6.92 Å². The predicted molar refractivity (Wildman–Crippen MR) is 42.0 cm³/mol. The molecular formula is C8H18O2. The van der Waals surface area contributed by atoms with Crippen molar-refractivity contribution < 1.29 is 9.84 Å². The molecule has 0 radical (unpaired) electrons. The third kappa shape index (κ3) is 4.77. The number of rotatable bonds is 3. The highest BCUT2D eigenvalue weighted by atomic mass is 16.5. The van der Waals surface area contributed by atoms with Gasteiger partial charge in [-0.3, -0.25) is 0 Å². The van der Waals surface area contributed by atoms with Gasteiger partial charge in [-0.2, -0.15) is 0 Å². The molecule has 0 aliphatic heterocycles. The molecule has 0 heterocycles. The molecule has 1 unspecified atom stereocenters. The Balaban J connectivity index is 3.63. The maximum absolute atomic E-state index is 8.76. The van der Waals surface area contributed by atoms with E-state index < -0.39 is 0 Å². The Morgan fingerprint density at radius 1 is 1.40 bits per heavy atom. The minimum atomic E-state index is -0.136. The van der Waals surface area contributed by atoms with Gasteiger partial charge in [-0.25, -0.2) is 0 Å². The first-order chi connectivity index (χ1) is 4.49. The maximum atomic E-state index is 8.76. The average Bonchev–Trinajstić information content (AvgIpc) is 1.81. The van der Waals surface area contributed by atoms with Crippen LogP contribution in [0.25, 0.3) is 0 Å². The van der Waals surface area contributed by atoms with Crippen LogP contribution in [0, 0.1) is 0 Å². The minimum absolute atomic E-state index is 0.000000000000000444. The van der Waals surface area contributed by atoms with Crippen molar-refractivity contribution in [3.05, 3.63) is 0 Å². The van der Waals surface area contributed by atoms with Gasteiger partial charge in [-0.15, -0.1) is 0 Å². The van der Waals surface area contributed by atoms with E-state index in [-0.39, 0.29) is 18.3 Å². The topological polar surface area (TPSA) is 29.5 Å². The summed E-state index contributed by atoms with van der Waals surface area (Å²) in [5.74, 6) is 0. The van der Waals surface area contributed by atoms with Crippen molar-refractivity contribution in [1.29, 1.82) is 0 Å². The van der Waals surface area contributed by atoms with E-state index in [0.717, 1.165) is 6.42 Å². The summed E-state index contributed by atoms with van der Waals surface area (Å²) in [4.78, 5) is 0. The molecular weight excluding hydrogens is 128 g/mol. The van der Waals surface area contributed by atoms with Gasteiger partial charge in [0, 0.05) is 0 Å². The molecule has 0 spiro atoms. The van der Waals surface area contributed by atoms with Crippen LogP contribution in [-0.2, 0) is 4.74 Å². The van der Waals surface area contributed by atoms with Gasteiger partial charge in [0.05, 0.1) is 18.3 Å². The van der Waals surface area contributed by atoms with Crippen LogP contribution < -0.4 is 0 Å². The summed E-state index contributed by atoms with van der Waals surface area (Å²) in [5, 5.41) is 8.76. The van der Waals surface area contributed by atoms with Crippen LogP contribution in [0.5, 0.6) is 0 Å². The lowest BCUT2D eigenvalue weighted by Gasteiger charge is -2.25. The van der Waals surface area contributed by atoms with Crippen LogP contribution in [0.1, 0.15) is 34.1 Å². The lowest BCUT2D eigenvalue weighted by molar-refractivity contribution is -0.0808. The van der Waals surface area contributed by atoms with Gasteiger partial charge in [-0.05, 0) is 27.2 Å². The van der Waals surface area contributed by atoms with E-state index in [9.17, 15) is 0 Å². The number of aliphatic hydroxyl groups excluding tert-OH is 1.